The van der Waals surface area contributed by atoms with Crippen molar-refractivity contribution in [2.45, 2.75) is 37.7 Å². The molecule has 4 aromatic rings. The highest BCUT2D eigenvalue weighted by molar-refractivity contribution is 7.89. The summed E-state index contributed by atoms with van der Waals surface area (Å²) in [6.45, 7) is 4.71. The molecule has 1 saturated heterocycles. The molecule has 0 amide bonds. The van der Waals surface area contributed by atoms with Gasteiger partial charge in [-0.1, -0.05) is 11.2 Å². The Hall–Kier alpha value is -3.56. The van der Waals surface area contributed by atoms with Gasteiger partial charge in [0.15, 0.2) is 0 Å². The summed E-state index contributed by atoms with van der Waals surface area (Å²) in [6.07, 6.45) is 2.14. The Balaban J connectivity index is 1.33. The van der Waals surface area contributed by atoms with Gasteiger partial charge in [-0.2, -0.15) is 8.99 Å². The van der Waals surface area contributed by atoms with Crippen LogP contribution in [0.4, 0.5) is 0 Å². The van der Waals surface area contributed by atoms with Crippen molar-refractivity contribution in [3.63, 3.8) is 0 Å². The summed E-state index contributed by atoms with van der Waals surface area (Å²) in [7, 11) is -3.90. The monoisotopic (exact) mass is 547 g/mol. The molecule has 0 N–H and O–H groups in total. The van der Waals surface area contributed by atoms with Crippen LogP contribution in [-0.4, -0.2) is 75.5 Å². The molecule has 0 spiro atoms. The van der Waals surface area contributed by atoms with Crippen molar-refractivity contribution >= 4 is 21.4 Å². The fourth-order valence-electron chi connectivity index (χ4n) is 3.95. The first-order chi connectivity index (χ1) is 18.0. The van der Waals surface area contributed by atoms with Gasteiger partial charge in [-0.25, -0.2) is 8.42 Å². The lowest BCUT2D eigenvalue weighted by atomic mass is 10.1. The van der Waals surface area contributed by atoms with Crippen LogP contribution < -0.4 is 14.2 Å². The minimum Gasteiger partial charge on any atom is -0.492 e. The number of piperidine rings is 1. The molecule has 5 rings (SSSR count). The zero-order valence-electron chi connectivity index (χ0n) is 20.2. The maximum absolute atomic E-state index is 13.7. The van der Waals surface area contributed by atoms with Crippen LogP contribution in [-0.2, 0) is 10.0 Å². The number of nitrogens with zero attached hydrogens (tertiary/aromatic N) is 7. The van der Waals surface area contributed by atoms with Crippen LogP contribution in [0.5, 0.6) is 17.6 Å². The first kappa shape index (κ1) is 25.1. The van der Waals surface area contributed by atoms with E-state index >= 15 is 0 Å². The molecule has 0 saturated carbocycles. The molecule has 0 unspecified atom stereocenters. The van der Waals surface area contributed by atoms with E-state index in [2.05, 4.69) is 25.7 Å². The van der Waals surface area contributed by atoms with Crippen molar-refractivity contribution in [2.75, 3.05) is 26.3 Å². The highest BCUT2D eigenvalue weighted by atomic mass is 32.2. The Morgan fingerprint density at radius 2 is 1.89 bits per heavy atom. The Kier molecular flexibility index (Phi) is 7.34. The summed E-state index contributed by atoms with van der Waals surface area (Å²) in [4.78, 5) is 0.873. The number of ether oxygens (including phenoxy) is 3. The van der Waals surface area contributed by atoms with Gasteiger partial charge in [0.05, 0.1) is 18.1 Å². The highest BCUT2D eigenvalue weighted by Gasteiger charge is 2.34. The Morgan fingerprint density at radius 1 is 1.11 bits per heavy atom. The number of thiophene rings is 1. The number of benzene rings is 1. The molecule has 196 valence electrons. The number of rotatable bonds is 10. The minimum absolute atomic E-state index is 0.0199. The molecule has 0 radical (unpaired) electrons. The van der Waals surface area contributed by atoms with Crippen molar-refractivity contribution in [3.8, 4) is 34.0 Å². The molecule has 4 heterocycles. The average Bonchev–Trinajstić information content (AvgIpc) is 3.68. The second kappa shape index (κ2) is 10.8. The van der Waals surface area contributed by atoms with Crippen LogP contribution in [0.15, 0.2) is 45.3 Å². The van der Waals surface area contributed by atoms with Gasteiger partial charge in [-0.05, 0) is 48.6 Å². The zero-order chi connectivity index (χ0) is 25.8. The first-order valence-corrected chi connectivity index (χ1v) is 14.0. The van der Waals surface area contributed by atoms with E-state index in [1.54, 1.807) is 13.0 Å². The van der Waals surface area contributed by atoms with Crippen molar-refractivity contribution in [2.24, 2.45) is 0 Å². The second-order valence-corrected chi connectivity index (χ2v) is 10.8. The Morgan fingerprint density at radius 3 is 2.57 bits per heavy atom. The van der Waals surface area contributed by atoms with Gasteiger partial charge in [0.25, 0.3) is 5.89 Å². The van der Waals surface area contributed by atoms with E-state index in [1.807, 2.05) is 24.4 Å². The predicted molar refractivity (Wildman–Crippen MR) is 132 cm³/mol. The van der Waals surface area contributed by atoms with Gasteiger partial charge < -0.3 is 18.6 Å². The van der Waals surface area contributed by atoms with E-state index in [1.165, 1.54) is 32.7 Å². The third kappa shape index (κ3) is 5.28. The zero-order valence-corrected chi connectivity index (χ0v) is 21.8. The number of sulfonamides is 1. The Labute approximate surface area is 217 Å². The summed E-state index contributed by atoms with van der Waals surface area (Å²) in [5, 5.41) is 21.1. The smallest absolute Gasteiger partial charge is 0.415 e. The van der Waals surface area contributed by atoms with Gasteiger partial charge in [-0.15, -0.1) is 21.5 Å². The number of tetrazole rings is 1. The summed E-state index contributed by atoms with van der Waals surface area (Å²) in [6, 6.07) is 6.82. The summed E-state index contributed by atoms with van der Waals surface area (Å²) >= 11 is 1.49. The van der Waals surface area contributed by atoms with Crippen LogP contribution >= 0.6 is 11.3 Å². The molecule has 1 aromatic carbocycles. The molecule has 0 atom stereocenters. The van der Waals surface area contributed by atoms with Crippen molar-refractivity contribution in [3.05, 3.63) is 36.0 Å². The molecule has 15 heteroatoms. The van der Waals surface area contributed by atoms with E-state index in [0.717, 1.165) is 4.88 Å². The molecular weight excluding hydrogens is 522 g/mol. The predicted octanol–water partition coefficient (Wildman–Crippen LogP) is 2.80. The molecule has 13 nitrogen and oxygen atoms in total. The first-order valence-electron chi connectivity index (χ1n) is 11.7. The molecular formula is C22H25N7O6S2. The van der Waals surface area contributed by atoms with E-state index in [4.69, 9.17) is 18.6 Å². The largest absolute Gasteiger partial charge is 0.492 e. The fraction of sp³-hybridized carbons (Fsp3) is 0.409. The fourth-order valence-corrected chi connectivity index (χ4v) is 6.19. The van der Waals surface area contributed by atoms with E-state index in [9.17, 15) is 8.42 Å². The maximum Gasteiger partial charge on any atom is 0.415 e. The topological polar surface area (TPSA) is 148 Å². The van der Waals surface area contributed by atoms with E-state index in [0.29, 0.717) is 36.8 Å². The van der Waals surface area contributed by atoms with Crippen LogP contribution in [0.25, 0.3) is 16.5 Å². The Bertz CT molecular complexity index is 1420. The van der Waals surface area contributed by atoms with Crippen LogP contribution in [0.1, 0.15) is 26.7 Å². The molecule has 1 aliphatic rings. The third-order valence-electron chi connectivity index (χ3n) is 5.65. The number of hydrogen-bond donors (Lipinski definition) is 0. The quantitative estimate of drug-likeness (QED) is 0.289. The van der Waals surface area contributed by atoms with Crippen LogP contribution in [0.3, 0.4) is 0 Å². The normalized spacial score (nSPS) is 15.1. The van der Waals surface area contributed by atoms with Gasteiger partial charge in [0.1, 0.15) is 34.5 Å². The van der Waals surface area contributed by atoms with Crippen LogP contribution in [0, 0.1) is 0 Å². The maximum atomic E-state index is 13.7. The molecule has 1 fully saturated rings. The lowest BCUT2D eigenvalue weighted by Gasteiger charge is -2.31. The van der Waals surface area contributed by atoms with Gasteiger partial charge in [0, 0.05) is 25.2 Å². The standard InChI is InChI=1S/C22H25N7O6S2/c1-3-32-17-13-20(18(33-4-2)12-16(17)29-14-23-26-27-29)37(30,31)28-9-7-15(8-10-28)34-22-25-24-21(35-22)19-6-5-11-36-19/h5-6,11-15H,3-4,7-10H2,1-2H3. The van der Waals surface area contributed by atoms with E-state index < -0.39 is 10.0 Å². The van der Waals surface area contributed by atoms with Gasteiger partial charge >= 0.3 is 6.08 Å². The lowest BCUT2D eigenvalue weighted by Crippen LogP contribution is -2.41. The molecule has 0 aliphatic carbocycles. The average molecular weight is 548 g/mol. The van der Waals surface area contributed by atoms with Gasteiger partial charge in [-0.3, -0.25) is 0 Å². The van der Waals surface area contributed by atoms with Crippen LogP contribution in [0.2, 0.25) is 0 Å². The SMILES string of the molecule is CCOc1cc(S(=O)(=O)N2CCC(Oc3nnc(-c4cccs4)o3)CC2)c(OCC)cc1-n1cnnn1. The summed E-state index contributed by atoms with van der Waals surface area (Å²) in [5.74, 6) is 0.915. The molecule has 3 aromatic heterocycles. The number of aromatic nitrogens is 6. The highest BCUT2D eigenvalue weighted by Crippen LogP contribution is 2.37. The molecule has 0 bridgehead atoms. The van der Waals surface area contributed by atoms with Crippen molar-refractivity contribution in [1.29, 1.82) is 0 Å². The summed E-state index contributed by atoms with van der Waals surface area (Å²) in [5.41, 5.74) is 0.475. The van der Waals surface area contributed by atoms with Crippen molar-refractivity contribution in [1.82, 2.24) is 34.7 Å². The second-order valence-electron chi connectivity index (χ2n) is 7.96. The third-order valence-corrected chi connectivity index (χ3v) is 8.42. The van der Waals surface area contributed by atoms with Gasteiger partial charge in [0.2, 0.25) is 10.0 Å². The summed E-state index contributed by atoms with van der Waals surface area (Å²) < 4.78 is 53.1. The van der Waals surface area contributed by atoms with E-state index in [-0.39, 0.29) is 42.5 Å². The molecule has 1 aliphatic heterocycles. The number of hydrogen-bond acceptors (Lipinski definition) is 12. The van der Waals surface area contributed by atoms with Crippen molar-refractivity contribution < 1.29 is 27.0 Å². The minimum atomic E-state index is -3.90. The lowest BCUT2D eigenvalue weighted by molar-refractivity contribution is 0.100. The molecule has 37 heavy (non-hydrogen) atoms.